The van der Waals surface area contributed by atoms with Gasteiger partial charge in [0.05, 0.1) is 0 Å². The van der Waals surface area contributed by atoms with Gasteiger partial charge in [-0.05, 0) is 67.3 Å². The molecule has 9 heteroatoms. The van der Waals surface area contributed by atoms with Gasteiger partial charge in [-0.3, -0.25) is 4.90 Å². The van der Waals surface area contributed by atoms with Gasteiger partial charge in [0.2, 0.25) is 0 Å². The van der Waals surface area contributed by atoms with E-state index in [4.69, 9.17) is 4.74 Å². The third-order valence-electron chi connectivity index (χ3n) is 7.53. The molecule has 3 amide bonds. The van der Waals surface area contributed by atoms with Crippen molar-refractivity contribution in [3.63, 3.8) is 0 Å². The Bertz CT molecular complexity index is 1110. The molecule has 0 bridgehead atoms. The fraction of sp³-hybridized carbons (Fsp3) is 0.462. The second kappa shape index (κ2) is 9.89. The SMILES string of the molecule is O=C(N[C@@H]1CCN(C2CCC(c3ccccc3F)CC2)C1)N1C(=O)OC[C@@H]1c1ccc(F)c(F)c1. The molecule has 5 rings (SSSR count). The average Bonchev–Trinajstić information content (AvgIpc) is 3.48. The van der Waals surface area contributed by atoms with Gasteiger partial charge in [0.15, 0.2) is 11.6 Å². The molecule has 186 valence electrons. The summed E-state index contributed by atoms with van der Waals surface area (Å²) in [4.78, 5) is 28.5. The molecule has 2 aromatic carbocycles. The summed E-state index contributed by atoms with van der Waals surface area (Å²) in [5, 5.41) is 2.92. The molecule has 0 aromatic heterocycles. The Morgan fingerprint density at radius 3 is 2.46 bits per heavy atom. The lowest BCUT2D eigenvalue weighted by Gasteiger charge is -2.35. The van der Waals surface area contributed by atoms with Gasteiger partial charge in [-0.1, -0.05) is 24.3 Å². The number of hydrogen-bond donors (Lipinski definition) is 1. The number of hydrogen-bond acceptors (Lipinski definition) is 4. The zero-order valence-electron chi connectivity index (χ0n) is 19.3. The number of amides is 3. The minimum atomic E-state index is -1.04. The third kappa shape index (κ3) is 4.87. The molecule has 2 aliphatic heterocycles. The Hall–Kier alpha value is -3.07. The largest absolute Gasteiger partial charge is 0.446 e. The summed E-state index contributed by atoms with van der Waals surface area (Å²) in [7, 11) is 0. The normalized spacial score (nSPS) is 27.2. The van der Waals surface area contributed by atoms with Gasteiger partial charge >= 0.3 is 12.1 Å². The van der Waals surface area contributed by atoms with Gasteiger partial charge in [-0.2, -0.15) is 0 Å². The Morgan fingerprint density at radius 2 is 1.71 bits per heavy atom. The van der Waals surface area contributed by atoms with Gasteiger partial charge in [-0.25, -0.2) is 27.7 Å². The molecule has 0 spiro atoms. The molecule has 2 atom stereocenters. The van der Waals surface area contributed by atoms with Crippen molar-refractivity contribution >= 4 is 12.1 Å². The van der Waals surface area contributed by atoms with Gasteiger partial charge in [0.25, 0.3) is 0 Å². The summed E-state index contributed by atoms with van der Waals surface area (Å²) in [5.74, 6) is -1.94. The lowest BCUT2D eigenvalue weighted by atomic mass is 9.81. The van der Waals surface area contributed by atoms with Crippen LogP contribution in [0.15, 0.2) is 42.5 Å². The molecule has 2 aromatic rings. The second-order valence-corrected chi connectivity index (χ2v) is 9.59. The zero-order chi connectivity index (χ0) is 24.5. The van der Waals surface area contributed by atoms with Crippen LogP contribution in [0.4, 0.5) is 22.8 Å². The molecular formula is C26H28F3N3O3. The molecule has 2 heterocycles. The topological polar surface area (TPSA) is 61.9 Å². The highest BCUT2D eigenvalue weighted by Gasteiger charge is 2.41. The zero-order valence-corrected chi connectivity index (χ0v) is 19.3. The summed E-state index contributed by atoms with van der Waals surface area (Å²) in [6.45, 7) is 1.38. The van der Waals surface area contributed by atoms with Crippen LogP contribution in [0.25, 0.3) is 0 Å². The molecule has 1 N–H and O–H groups in total. The van der Waals surface area contributed by atoms with E-state index in [0.717, 1.165) is 61.2 Å². The molecule has 35 heavy (non-hydrogen) atoms. The number of halogens is 3. The molecule has 3 fully saturated rings. The number of urea groups is 1. The van der Waals surface area contributed by atoms with Crippen LogP contribution in [0.3, 0.4) is 0 Å². The van der Waals surface area contributed by atoms with Crippen molar-refractivity contribution in [2.45, 2.75) is 56.1 Å². The maximum Gasteiger partial charge on any atom is 0.418 e. The number of likely N-dealkylation sites (tertiary alicyclic amines) is 1. The maximum atomic E-state index is 14.2. The van der Waals surface area contributed by atoms with Crippen LogP contribution in [0.5, 0.6) is 0 Å². The number of benzene rings is 2. The number of carbonyl (C=O) groups excluding carboxylic acids is 2. The van der Waals surface area contributed by atoms with Gasteiger partial charge in [-0.15, -0.1) is 0 Å². The van der Waals surface area contributed by atoms with Crippen LogP contribution in [-0.4, -0.2) is 53.7 Å². The second-order valence-electron chi connectivity index (χ2n) is 9.59. The summed E-state index contributed by atoms with van der Waals surface area (Å²) >= 11 is 0. The van der Waals surface area contributed by atoms with E-state index in [9.17, 15) is 22.8 Å². The Morgan fingerprint density at radius 1 is 0.943 bits per heavy atom. The molecule has 0 radical (unpaired) electrons. The highest BCUT2D eigenvalue weighted by molar-refractivity contribution is 5.92. The number of nitrogens with one attached hydrogen (secondary N) is 1. The quantitative estimate of drug-likeness (QED) is 0.651. The van der Waals surface area contributed by atoms with Crippen LogP contribution >= 0.6 is 0 Å². The van der Waals surface area contributed by atoms with E-state index in [1.54, 1.807) is 6.07 Å². The maximum absolute atomic E-state index is 14.2. The number of ether oxygens (including phenoxy) is 1. The van der Waals surface area contributed by atoms with Crippen molar-refractivity contribution in [1.29, 1.82) is 0 Å². The van der Waals surface area contributed by atoms with E-state index in [2.05, 4.69) is 10.2 Å². The van der Waals surface area contributed by atoms with Crippen LogP contribution in [0, 0.1) is 17.5 Å². The number of rotatable bonds is 4. The molecule has 2 saturated heterocycles. The smallest absolute Gasteiger partial charge is 0.418 e. The van der Waals surface area contributed by atoms with Crippen molar-refractivity contribution in [2.75, 3.05) is 19.7 Å². The summed E-state index contributed by atoms with van der Waals surface area (Å²) in [6, 6.07) is 9.12. The number of nitrogens with zero attached hydrogens (tertiary/aromatic N) is 2. The van der Waals surface area contributed by atoms with Crippen LogP contribution in [0.1, 0.15) is 55.2 Å². The van der Waals surface area contributed by atoms with Crippen LogP contribution in [0.2, 0.25) is 0 Å². The molecule has 1 aliphatic carbocycles. The van der Waals surface area contributed by atoms with Crippen molar-refractivity contribution in [1.82, 2.24) is 15.1 Å². The minimum Gasteiger partial charge on any atom is -0.446 e. The lowest BCUT2D eigenvalue weighted by molar-refractivity contribution is 0.155. The third-order valence-corrected chi connectivity index (χ3v) is 7.53. The van der Waals surface area contributed by atoms with E-state index < -0.39 is 29.8 Å². The number of cyclic esters (lactones) is 1. The van der Waals surface area contributed by atoms with Crippen molar-refractivity contribution in [2.24, 2.45) is 0 Å². The van der Waals surface area contributed by atoms with Crippen molar-refractivity contribution in [3.05, 3.63) is 71.0 Å². The van der Waals surface area contributed by atoms with E-state index in [-0.39, 0.29) is 24.4 Å². The van der Waals surface area contributed by atoms with E-state index in [1.165, 1.54) is 12.1 Å². The summed E-state index contributed by atoms with van der Waals surface area (Å²) < 4.78 is 46.2. The standard InChI is InChI=1S/C26H28F3N3O3/c27-21-4-2-1-3-20(21)16-5-8-19(9-6-16)31-12-11-18(14-31)30-25(33)32-24(15-35-26(32)34)17-7-10-22(28)23(29)13-17/h1-4,7,10,13,16,18-19,24H,5-6,8-9,11-12,14-15H2,(H,30,33)/t16?,18-,19?,24-/m1/s1. The molecule has 1 saturated carbocycles. The lowest BCUT2D eigenvalue weighted by Crippen LogP contribution is -2.47. The van der Waals surface area contributed by atoms with E-state index >= 15 is 0 Å². The first-order chi connectivity index (χ1) is 16.9. The monoisotopic (exact) mass is 487 g/mol. The number of imide groups is 1. The van der Waals surface area contributed by atoms with Crippen LogP contribution in [-0.2, 0) is 4.74 Å². The van der Waals surface area contributed by atoms with Gasteiger partial charge in [0, 0.05) is 25.2 Å². The van der Waals surface area contributed by atoms with E-state index in [0.29, 0.717) is 18.2 Å². The highest BCUT2D eigenvalue weighted by atomic mass is 19.2. The van der Waals surface area contributed by atoms with Crippen LogP contribution < -0.4 is 5.32 Å². The predicted octanol–water partition coefficient (Wildman–Crippen LogP) is 5.11. The van der Waals surface area contributed by atoms with Gasteiger partial charge in [0.1, 0.15) is 18.5 Å². The van der Waals surface area contributed by atoms with Crippen molar-refractivity contribution < 1.29 is 27.5 Å². The number of carbonyl (C=O) groups is 2. The predicted molar refractivity (Wildman–Crippen MR) is 122 cm³/mol. The first-order valence-corrected chi connectivity index (χ1v) is 12.1. The highest BCUT2D eigenvalue weighted by Crippen LogP contribution is 2.37. The Balaban J connectivity index is 1.16. The molecule has 0 unspecified atom stereocenters. The van der Waals surface area contributed by atoms with Crippen molar-refractivity contribution in [3.8, 4) is 0 Å². The minimum absolute atomic E-state index is 0.112. The summed E-state index contributed by atoms with van der Waals surface area (Å²) in [6.07, 6.45) is 3.73. The Kier molecular flexibility index (Phi) is 6.69. The Labute approximate surface area is 202 Å². The molecule has 3 aliphatic rings. The van der Waals surface area contributed by atoms with Gasteiger partial charge < -0.3 is 10.1 Å². The fourth-order valence-electron chi connectivity index (χ4n) is 5.65. The first kappa shape index (κ1) is 23.7. The summed E-state index contributed by atoms with van der Waals surface area (Å²) in [5.41, 5.74) is 1.09. The van der Waals surface area contributed by atoms with E-state index in [1.807, 2.05) is 12.1 Å². The fourth-order valence-corrected chi connectivity index (χ4v) is 5.65. The molecular weight excluding hydrogens is 459 g/mol. The molecule has 6 nitrogen and oxygen atoms in total. The first-order valence-electron chi connectivity index (χ1n) is 12.1. The average molecular weight is 488 g/mol.